The number of fused-ring (bicyclic) bond motifs is 1. The van der Waals surface area contributed by atoms with Crippen LogP contribution in [0, 0.1) is 5.92 Å². The molecule has 1 saturated heterocycles. The molecule has 1 amide bonds. The highest BCUT2D eigenvalue weighted by Crippen LogP contribution is 2.18. The molecule has 0 bridgehead atoms. The second-order valence-electron chi connectivity index (χ2n) is 4.91. The smallest absolute Gasteiger partial charge is 0.224 e. The third kappa shape index (κ3) is 2.64. The maximum absolute atomic E-state index is 11.9. The second kappa shape index (κ2) is 4.86. The standard InChI is InChI=1S/C12H13N3O4S/c16-12(9-3-4-20(17,18)7-9)13-6-8-1-2-10-11(5-8)15-19-14-10/h1-2,5,9H,3-4,6-7H2,(H,13,16). The molecule has 2 aromatic rings. The first-order valence-corrected chi connectivity index (χ1v) is 8.05. The van der Waals surface area contributed by atoms with E-state index >= 15 is 0 Å². The van der Waals surface area contributed by atoms with Gasteiger partial charge in [0, 0.05) is 6.54 Å². The Labute approximate surface area is 115 Å². The molecule has 1 aliphatic rings. The van der Waals surface area contributed by atoms with Crippen molar-refractivity contribution in [3.05, 3.63) is 23.8 Å². The van der Waals surface area contributed by atoms with Gasteiger partial charge in [-0.15, -0.1) is 0 Å². The number of benzene rings is 1. The number of nitrogens with zero attached hydrogens (tertiary/aromatic N) is 2. The number of hydrogen-bond acceptors (Lipinski definition) is 6. The summed E-state index contributed by atoms with van der Waals surface area (Å²) in [7, 11) is -3.04. The Balaban J connectivity index is 1.63. The van der Waals surface area contributed by atoms with Gasteiger partial charge in [0.25, 0.3) is 0 Å². The highest BCUT2D eigenvalue weighted by atomic mass is 32.2. The molecule has 0 radical (unpaired) electrons. The van der Waals surface area contributed by atoms with Crippen LogP contribution in [-0.2, 0) is 21.2 Å². The number of rotatable bonds is 3. The van der Waals surface area contributed by atoms with Crippen molar-refractivity contribution < 1.29 is 17.8 Å². The molecular formula is C12H13N3O4S. The van der Waals surface area contributed by atoms with Crippen LogP contribution in [0.1, 0.15) is 12.0 Å². The van der Waals surface area contributed by atoms with Crippen LogP contribution in [0.25, 0.3) is 11.0 Å². The van der Waals surface area contributed by atoms with Crippen molar-refractivity contribution in [1.82, 2.24) is 15.6 Å². The molecule has 1 aliphatic heterocycles. The van der Waals surface area contributed by atoms with E-state index in [2.05, 4.69) is 20.3 Å². The van der Waals surface area contributed by atoms with Crippen LogP contribution >= 0.6 is 0 Å². The van der Waals surface area contributed by atoms with E-state index in [-0.39, 0.29) is 17.4 Å². The van der Waals surface area contributed by atoms with Crippen LogP contribution in [0.4, 0.5) is 0 Å². The summed E-state index contributed by atoms with van der Waals surface area (Å²) in [5.41, 5.74) is 2.14. The van der Waals surface area contributed by atoms with Crippen LogP contribution in [0.5, 0.6) is 0 Å². The average molecular weight is 295 g/mol. The minimum Gasteiger partial charge on any atom is -0.352 e. The minimum absolute atomic E-state index is 0.0505. The normalized spacial score (nSPS) is 21.1. The Bertz CT molecular complexity index is 753. The number of aromatic nitrogens is 2. The third-order valence-electron chi connectivity index (χ3n) is 3.39. The monoisotopic (exact) mass is 295 g/mol. The summed E-state index contributed by atoms with van der Waals surface area (Å²) >= 11 is 0. The van der Waals surface area contributed by atoms with Gasteiger partial charge < -0.3 is 5.32 Å². The summed E-state index contributed by atoms with van der Waals surface area (Å²) in [4.78, 5) is 11.9. The second-order valence-corrected chi connectivity index (χ2v) is 7.13. The van der Waals surface area contributed by atoms with E-state index in [0.29, 0.717) is 24.0 Å². The number of carbonyl (C=O) groups is 1. The largest absolute Gasteiger partial charge is 0.352 e. The van der Waals surface area contributed by atoms with Crippen molar-refractivity contribution in [1.29, 1.82) is 0 Å². The van der Waals surface area contributed by atoms with Gasteiger partial charge in [0.05, 0.1) is 17.4 Å². The highest BCUT2D eigenvalue weighted by Gasteiger charge is 2.32. The highest BCUT2D eigenvalue weighted by molar-refractivity contribution is 7.91. The predicted octanol–water partition coefficient (Wildman–Crippen LogP) is 0.274. The summed E-state index contributed by atoms with van der Waals surface area (Å²) in [6.45, 7) is 0.332. The van der Waals surface area contributed by atoms with E-state index in [1.54, 1.807) is 12.1 Å². The Kier molecular flexibility index (Phi) is 3.17. The molecule has 1 aromatic heterocycles. The molecule has 1 fully saturated rings. The molecular weight excluding hydrogens is 282 g/mol. The fourth-order valence-corrected chi connectivity index (χ4v) is 4.01. The van der Waals surface area contributed by atoms with E-state index in [9.17, 15) is 13.2 Å². The molecule has 1 unspecified atom stereocenters. The number of hydrogen-bond donors (Lipinski definition) is 1. The summed E-state index contributed by atoms with van der Waals surface area (Å²) in [5.74, 6) is -0.603. The van der Waals surface area contributed by atoms with Gasteiger partial charge in [0.15, 0.2) is 9.84 Å². The van der Waals surface area contributed by atoms with Gasteiger partial charge in [-0.3, -0.25) is 4.79 Å². The number of sulfone groups is 1. The molecule has 7 nitrogen and oxygen atoms in total. The van der Waals surface area contributed by atoms with E-state index in [4.69, 9.17) is 0 Å². The lowest BCUT2D eigenvalue weighted by molar-refractivity contribution is -0.124. The molecule has 2 heterocycles. The van der Waals surface area contributed by atoms with E-state index in [1.807, 2.05) is 6.07 Å². The molecule has 20 heavy (non-hydrogen) atoms. The van der Waals surface area contributed by atoms with Crippen molar-refractivity contribution >= 4 is 26.8 Å². The van der Waals surface area contributed by atoms with Crippen LogP contribution in [0.3, 0.4) is 0 Å². The lowest BCUT2D eigenvalue weighted by atomic mass is 10.1. The first-order valence-electron chi connectivity index (χ1n) is 6.23. The van der Waals surface area contributed by atoms with E-state index < -0.39 is 15.8 Å². The predicted molar refractivity (Wildman–Crippen MR) is 70.4 cm³/mol. The zero-order chi connectivity index (χ0) is 14.2. The zero-order valence-electron chi connectivity index (χ0n) is 10.6. The Hall–Kier alpha value is -1.96. The number of carbonyl (C=O) groups excluding carboxylic acids is 1. The lowest BCUT2D eigenvalue weighted by Crippen LogP contribution is -2.30. The van der Waals surface area contributed by atoms with Crippen LogP contribution in [0.2, 0.25) is 0 Å². The van der Waals surface area contributed by atoms with Crippen LogP contribution in [0.15, 0.2) is 22.8 Å². The molecule has 0 spiro atoms. The third-order valence-corrected chi connectivity index (χ3v) is 5.16. The molecule has 0 saturated carbocycles. The van der Waals surface area contributed by atoms with E-state index in [0.717, 1.165) is 5.56 Å². The maximum atomic E-state index is 11.9. The van der Waals surface area contributed by atoms with E-state index in [1.165, 1.54) is 0 Å². The minimum atomic E-state index is -3.04. The Morgan fingerprint density at radius 3 is 2.90 bits per heavy atom. The summed E-state index contributed by atoms with van der Waals surface area (Å²) in [6.07, 6.45) is 0.403. The van der Waals surface area contributed by atoms with Crippen molar-refractivity contribution in [3.63, 3.8) is 0 Å². The zero-order valence-corrected chi connectivity index (χ0v) is 11.4. The van der Waals surface area contributed by atoms with Gasteiger partial charge in [-0.1, -0.05) is 6.07 Å². The van der Waals surface area contributed by atoms with Gasteiger partial charge in [-0.05, 0) is 34.4 Å². The fourth-order valence-electron chi connectivity index (χ4n) is 2.27. The number of amides is 1. The average Bonchev–Trinajstić information content (AvgIpc) is 3.01. The van der Waals surface area contributed by atoms with Crippen LogP contribution < -0.4 is 5.32 Å². The van der Waals surface area contributed by atoms with Gasteiger partial charge in [-0.25, -0.2) is 13.0 Å². The van der Waals surface area contributed by atoms with Crippen molar-refractivity contribution in [2.45, 2.75) is 13.0 Å². The fraction of sp³-hybridized carbons (Fsp3) is 0.417. The molecule has 106 valence electrons. The molecule has 3 rings (SSSR count). The van der Waals surface area contributed by atoms with Crippen molar-refractivity contribution in [2.24, 2.45) is 5.92 Å². The summed E-state index contributed by atoms with van der Waals surface area (Å²) in [5, 5.41) is 10.2. The molecule has 1 atom stereocenters. The van der Waals surface area contributed by atoms with Crippen molar-refractivity contribution in [2.75, 3.05) is 11.5 Å². The molecule has 8 heteroatoms. The first kappa shape index (κ1) is 13.0. The quantitative estimate of drug-likeness (QED) is 0.872. The Morgan fingerprint density at radius 1 is 1.35 bits per heavy atom. The Morgan fingerprint density at radius 2 is 2.15 bits per heavy atom. The molecule has 1 aromatic carbocycles. The summed E-state index contributed by atoms with van der Waals surface area (Å²) in [6, 6.07) is 5.35. The van der Waals surface area contributed by atoms with Crippen molar-refractivity contribution in [3.8, 4) is 0 Å². The maximum Gasteiger partial charge on any atom is 0.224 e. The van der Waals surface area contributed by atoms with Gasteiger partial charge >= 0.3 is 0 Å². The van der Waals surface area contributed by atoms with Gasteiger partial charge in [-0.2, -0.15) is 0 Å². The van der Waals surface area contributed by atoms with Gasteiger partial charge in [0.2, 0.25) is 5.91 Å². The topological polar surface area (TPSA) is 102 Å². The first-order chi connectivity index (χ1) is 9.53. The number of nitrogens with one attached hydrogen (secondary N) is 1. The lowest BCUT2D eigenvalue weighted by Gasteiger charge is -2.09. The summed E-state index contributed by atoms with van der Waals surface area (Å²) < 4.78 is 27.3. The van der Waals surface area contributed by atoms with Gasteiger partial charge in [0.1, 0.15) is 11.0 Å². The SMILES string of the molecule is O=C(NCc1ccc2nonc2c1)C1CCS(=O)(=O)C1. The molecule has 0 aliphatic carbocycles. The van der Waals surface area contributed by atoms with Crippen LogP contribution in [-0.4, -0.2) is 36.1 Å². The molecule has 1 N–H and O–H groups in total.